The second-order valence-corrected chi connectivity index (χ2v) is 4.49. The molecule has 0 fully saturated rings. The van der Waals surface area contributed by atoms with Crippen LogP contribution < -0.4 is 4.74 Å². The smallest absolute Gasteiger partial charge is 0.141 e. The molecule has 0 aliphatic heterocycles. The van der Waals surface area contributed by atoms with Crippen LogP contribution in [0.25, 0.3) is 0 Å². The van der Waals surface area contributed by atoms with Gasteiger partial charge >= 0.3 is 0 Å². The van der Waals surface area contributed by atoms with E-state index in [1.165, 1.54) is 18.2 Å². The third-order valence-corrected chi connectivity index (χ3v) is 3.03. The summed E-state index contributed by atoms with van der Waals surface area (Å²) in [6.45, 7) is 2.45. The van der Waals surface area contributed by atoms with Crippen LogP contribution in [0.3, 0.4) is 0 Å². The van der Waals surface area contributed by atoms with Gasteiger partial charge in [0.2, 0.25) is 0 Å². The van der Waals surface area contributed by atoms with Crippen LogP contribution in [0.1, 0.15) is 24.2 Å². The predicted molar refractivity (Wildman–Crippen MR) is 73.1 cm³/mol. The van der Waals surface area contributed by atoms with Gasteiger partial charge in [-0.05, 0) is 42.3 Å². The van der Waals surface area contributed by atoms with Crippen LogP contribution in [0.4, 0.5) is 4.39 Å². The quantitative estimate of drug-likeness (QED) is 0.918. The number of aliphatic hydroxyl groups is 1. The lowest BCUT2D eigenvalue weighted by Gasteiger charge is -2.13. The Kier molecular flexibility index (Phi) is 4.40. The van der Waals surface area contributed by atoms with Gasteiger partial charge in [-0.25, -0.2) is 4.39 Å². The monoisotopic (exact) mass is 280 g/mol. The van der Waals surface area contributed by atoms with Crippen molar-refractivity contribution < 1.29 is 14.2 Å². The topological polar surface area (TPSA) is 29.5 Å². The zero-order valence-electron chi connectivity index (χ0n) is 10.4. The molecule has 0 saturated heterocycles. The molecule has 0 aromatic heterocycles. The van der Waals surface area contributed by atoms with Gasteiger partial charge in [-0.1, -0.05) is 29.8 Å². The maximum atomic E-state index is 13.1. The van der Waals surface area contributed by atoms with Gasteiger partial charge in [-0.15, -0.1) is 0 Å². The zero-order chi connectivity index (χ0) is 13.8. The van der Waals surface area contributed by atoms with Crippen molar-refractivity contribution in [1.82, 2.24) is 0 Å². The standard InChI is InChI=1S/C15H14ClFO2/c1-2-19-12-5-3-4-10(8-12)15(18)11-6-7-14(17)13(16)9-11/h3-9,15,18H,2H2,1H3. The molecule has 2 aromatic carbocycles. The van der Waals surface area contributed by atoms with E-state index in [1.807, 2.05) is 13.0 Å². The molecule has 19 heavy (non-hydrogen) atoms. The van der Waals surface area contributed by atoms with Gasteiger partial charge in [-0.3, -0.25) is 0 Å². The van der Waals surface area contributed by atoms with Gasteiger partial charge in [0.25, 0.3) is 0 Å². The Balaban J connectivity index is 2.29. The summed E-state index contributed by atoms with van der Waals surface area (Å²) in [6.07, 6.45) is -0.862. The van der Waals surface area contributed by atoms with Gasteiger partial charge in [0.05, 0.1) is 11.6 Å². The van der Waals surface area contributed by atoms with E-state index < -0.39 is 11.9 Å². The summed E-state index contributed by atoms with van der Waals surface area (Å²) in [5, 5.41) is 10.3. The maximum Gasteiger partial charge on any atom is 0.141 e. The van der Waals surface area contributed by atoms with E-state index in [9.17, 15) is 9.50 Å². The lowest BCUT2D eigenvalue weighted by atomic mass is 10.0. The number of rotatable bonds is 4. The molecular formula is C15H14ClFO2. The van der Waals surface area contributed by atoms with E-state index in [0.717, 1.165) is 0 Å². The molecule has 100 valence electrons. The third-order valence-electron chi connectivity index (χ3n) is 2.74. The number of halogens is 2. The highest BCUT2D eigenvalue weighted by Crippen LogP contribution is 2.27. The summed E-state index contributed by atoms with van der Waals surface area (Å²) in [6, 6.07) is 11.3. The Bertz CT molecular complexity index is 572. The van der Waals surface area contributed by atoms with Crippen LogP contribution in [0, 0.1) is 5.82 Å². The molecule has 0 radical (unpaired) electrons. The second-order valence-electron chi connectivity index (χ2n) is 4.08. The van der Waals surface area contributed by atoms with Crippen LogP contribution in [0.2, 0.25) is 5.02 Å². The van der Waals surface area contributed by atoms with Crippen molar-refractivity contribution in [3.05, 3.63) is 64.4 Å². The largest absolute Gasteiger partial charge is 0.494 e. The molecule has 2 aromatic rings. The first-order valence-corrected chi connectivity index (χ1v) is 6.35. The van der Waals surface area contributed by atoms with Crippen molar-refractivity contribution >= 4 is 11.6 Å². The Labute approximate surface area is 116 Å². The third kappa shape index (κ3) is 3.25. The van der Waals surface area contributed by atoms with Crippen LogP contribution in [-0.4, -0.2) is 11.7 Å². The minimum absolute atomic E-state index is 0.00230. The maximum absolute atomic E-state index is 13.1. The first-order valence-electron chi connectivity index (χ1n) is 5.97. The van der Waals surface area contributed by atoms with E-state index in [2.05, 4.69) is 0 Å². The molecule has 4 heteroatoms. The van der Waals surface area contributed by atoms with E-state index in [4.69, 9.17) is 16.3 Å². The molecule has 2 nitrogen and oxygen atoms in total. The van der Waals surface area contributed by atoms with Crippen LogP contribution in [-0.2, 0) is 0 Å². The van der Waals surface area contributed by atoms with Gasteiger partial charge in [0.1, 0.15) is 17.7 Å². The molecular weight excluding hydrogens is 267 g/mol. The van der Waals surface area contributed by atoms with Crippen molar-refractivity contribution in [2.45, 2.75) is 13.0 Å². The molecule has 0 aliphatic carbocycles. The molecule has 0 heterocycles. The average Bonchev–Trinajstić information content (AvgIpc) is 2.42. The number of ether oxygens (including phenoxy) is 1. The SMILES string of the molecule is CCOc1cccc(C(O)c2ccc(F)c(Cl)c2)c1. The molecule has 0 spiro atoms. The van der Waals surface area contributed by atoms with E-state index in [1.54, 1.807) is 18.2 Å². The van der Waals surface area contributed by atoms with E-state index in [-0.39, 0.29) is 5.02 Å². The van der Waals surface area contributed by atoms with Crippen LogP contribution in [0.5, 0.6) is 5.75 Å². The Morgan fingerprint density at radius 1 is 1.21 bits per heavy atom. The fourth-order valence-electron chi connectivity index (χ4n) is 1.82. The predicted octanol–water partition coefficient (Wildman–Crippen LogP) is 3.96. The summed E-state index contributed by atoms with van der Waals surface area (Å²) in [4.78, 5) is 0. The zero-order valence-corrected chi connectivity index (χ0v) is 11.2. The summed E-state index contributed by atoms with van der Waals surface area (Å²) < 4.78 is 18.5. The number of hydrogen-bond acceptors (Lipinski definition) is 2. The van der Waals surface area contributed by atoms with Crippen molar-refractivity contribution in [3.8, 4) is 5.75 Å². The average molecular weight is 281 g/mol. The molecule has 1 N–H and O–H groups in total. The molecule has 1 atom stereocenters. The fourth-order valence-corrected chi connectivity index (χ4v) is 2.00. The first-order chi connectivity index (χ1) is 9.11. The molecule has 2 rings (SSSR count). The normalized spacial score (nSPS) is 12.2. The van der Waals surface area contributed by atoms with Crippen molar-refractivity contribution in [2.75, 3.05) is 6.61 Å². The first kappa shape index (κ1) is 13.8. The van der Waals surface area contributed by atoms with Crippen molar-refractivity contribution in [2.24, 2.45) is 0 Å². The highest BCUT2D eigenvalue weighted by Gasteiger charge is 2.13. The molecule has 0 amide bonds. The fraction of sp³-hybridized carbons (Fsp3) is 0.200. The number of aliphatic hydroxyl groups excluding tert-OH is 1. The van der Waals surface area contributed by atoms with Gasteiger partial charge < -0.3 is 9.84 Å². The second kappa shape index (κ2) is 6.04. The molecule has 1 unspecified atom stereocenters. The highest BCUT2D eigenvalue weighted by atomic mass is 35.5. The van der Waals surface area contributed by atoms with Crippen molar-refractivity contribution in [1.29, 1.82) is 0 Å². The molecule has 0 aliphatic rings. The van der Waals surface area contributed by atoms with Crippen LogP contribution >= 0.6 is 11.6 Å². The number of benzene rings is 2. The Morgan fingerprint density at radius 2 is 1.95 bits per heavy atom. The molecule has 0 bridgehead atoms. The minimum atomic E-state index is -0.862. The highest BCUT2D eigenvalue weighted by molar-refractivity contribution is 6.30. The summed E-state index contributed by atoms with van der Waals surface area (Å²) >= 11 is 5.72. The van der Waals surface area contributed by atoms with Crippen LogP contribution in [0.15, 0.2) is 42.5 Å². The minimum Gasteiger partial charge on any atom is -0.494 e. The Hall–Kier alpha value is -1.58. The lowest BCUT2D eigenvalue weighted by Crippen LogP contribution is -2.01. The number of hydrogen-bond donors (Lipinski definition) is 1. The summed E-state index contributed by atoms with van der Waals surface area (Å²) in [7, 11) is 0. The Morgan fingerprint density at radius 3 is 2.63 bits per heavy atom. The summed E-state index contributed by atoms with van der Waals surface area (Å²) in [5.41, 5.74) is 1.22. The van der Waals surface area contributed by atoms with Gasteiger partial charge in [-0.2, -0.15) is 0 Å². The summed E-state index contributed by atoms with van der Waals surface area (Å²) in [5.74, 6) is 0.188. The van der Waals surface area contributed by atoms with Gasteiger partial charge in [0, 0.05) is 0 Å². The van der Waals surface area contributed by atoms with Gasteiger partial charge in [0.15, 0.2) is 0 Å². The molecule has 0 saturated carbocycles. The lowest BCUT2D eigenvalue weighted by molar-refractivity contribution is 0.219. The van der Waals surface area contributed by atoms with E-state index in [0.29, 0.717) is 23.5 Å². The van der Waals surface area contributed by atoms with E-state index >= 15 is 0 Å². The van der Waals surface area contributed by atoms with Crippen molar-refractivity contribution in [3.63, 3.8) is 0 Å².